The number of rotatable bonds is 0. The molecule has 15 heavy (non-hydrogen) atoms. The lowest BCUT2D eigenvalue weighted by Crippen LogP contribution is -2.04. The summed E-state index contributed by atoms with van der Waals surface area (Å²) >= 11 is 0. The normalized spacial score (nSPS) is 24.6. The van der Waals surface area contributed by atoms with Crippen molar-refractivity contribution in [3.05, 3.63) is 0 Å². The summed E-state index contributed by atoms with van der Waals surface area (Å²) < 4.78 is 0. The number of hydrogen-bond acceptors (Lipinski definition) is 0. The summed E-state index contributed by atoms with van der Waals surface area (Å²) in [4.78, 5) is 0. The summed E-state index contributed by atoms with van der Waals surface area (Å²) in [6.45, 7) is 0. The van der Waals surface area contributed by atoms with Gasteiger partial charge in [-0.25, -0.2) is 5.11 Å². The zero-order chi connectivity index (χ0) is 10.8. The fourth-order valence-electron chi connectivity index (χ4n) is 2.48. The second-order valence-corrected chi connectivity index (χ2v) is 5.09. The third-order valence-corrected chi connectivity index (χ3v) is 3.55. The van der Waals surface area contributed by atoms with Gasteiger partial charge in [-0.3, -0.25) is 0 Å². The van der Waals surface area contributed by atoms with E-state index in [-0.39, 0.29) is 6.10 Å². The van der Waals surface area contributed by atoms with Crippen LogP contribution in [0.15, 0.2) is 0 Å². The van der Waals surface area contributed by atoms with Crippen molar-refractivity contribution in [2.45, 2.75) is 89.6 Å². The van der Waals surface area contributed by atoms with Crippen LogP contribution in [-0.2, 0) is 5.11 Å². The van der Waals surface area contributed by atoms with E-state index in [4.69, 9.17) is 0 Å². The van der Waals surface area contributed by atoms with Gasteiger partial charge >= 0.3 is 0 Å². The van der Waals surface area contributed by atoms with Crippen LogP contribution in [0.25, 0.3) is 0 Å². The highest BCUT2D eigenvalue weighted by Gasteiger charge is 2.05. The van der Waals surface area contributed by atoms with E-state index in [9.17, 15) is 5.11 Å². The Bertz CT molecular complexity index is 119. The molecule has 0 aliphatic heterocycles. The van der Waals surface area contributed by atoms with Gasteiger partial charge in [-0.15, -0.1) is 0 Å². The Morgan fingerprint density at radius 1 is 0.467 bits per heavy atom. The van der Waals surface area contributed by atoms with E-state index in [2.05, 4.69) is 0 Å². The Labute approximate surface area is 95.3 Å². The third-order valence-electron chi connectivity index (χ3n) is 3.55. The van der Waals surface area contributed by atoms with Gasteiger partial charge in [-0.2, -0.15) is 0 Å². The van der Waals surface area contributed by atoms with Crippen molar-refractivity contribution in [2.75, 3.05) is 0 Å². The highest BCUT2D eigenvalue weighted by atomic mass is 16.3. The number of hydrogen-bond donors (Lipinski definition) is 0. The molecule has 1 heteroatoms. The molecule has 1 radical (unpaired) electrons. The van der Waals surface area contributed by atoms with E-state index >= 15 is 0 Å². The standard InChI is InChI=1S/C14H27O/c15-14-12-10-8-6-4-2-1-3-5-7-9-11-13-14/h14H,1-13H2. The molecule has 1 saturated carbocycles. The molecule has 0 unspecified atom stereocenters. The Hall–Kier alpha value is -0.0400. The molecule has 1 fully saturated rings. The molecule has 1 aliphatic rings. The summed E-state index contributed by atoms with van der Waals surface area (Å²) in [6, 6.07) is 0. The molecular formula is C14H27O. The smallest absolute Gasteiger partial charge is 0.0930 e. The van der Waals surface area contributed by atoms with Gasteiger partial charge in [0.2, 0.25) is 0 Å². The average Bonchev–Trinajstić information content (AvgIpc) is 2.24. The quantitative estimate of drug-likeness (QED) is 0.545. The van der Waals surface area contributed by atoms with Crippen LogP contribution in [-0.4, -0.2) is 6.10 Å². The van der Waals surface area contributed by atoms with Gasteiger partial charge in [0.1, 0.15) is 0 Å². The maximum Gasteiger partial charge on any atom is 0.0930 e. The second-order valence-electron chi connectivity index (χ2n) is 5.09. The SMILES string of the molecule is [O]C1CCCCCCCCCCCCC1. The van der Waals surface area contributed by atoms with Gasteiger partial charge in [0.15, 0.2) is 0 Å². The fourth-order valence-corrected chi connectivity index (χ4v) is 2.48. The van der Waals surface area contributed by atoms with Crippen molar-refractivity contribution < 1.29 is 5.11 Å². The molecule has 89 valence electrons. The van der Waals surface area contributed by atoms with Crippen LogP contribution in [0, 0.1) is 0 Å². The van der Waals surface area contributed by atoms with Crippen molar-refractivity contribution in [2.24, 2.45) is 0 Å². The molecule has 1 aliphatic carbocycles. The Kier molecular flexibility index (Phi) is 7.99. The highest BCUT2D eigenvalue weighted by molar-refractivity contribution is 4.58. The maximum absolute atomic E-state index is 11.5. The largest absolute Gasteiger partial charge is 0.233 e. The van der Waals surface area contributed by atoms with E-state index in [1.165, 1.54) is 70.6 Å². The monoisotopic (exact) mass is 211 g/mol. The average molecular weight is 211 g/mol. The summed E-state index contributed by atoms with van der Waals surface area (Å²) in [6.07, 6.45) is 16.3. The topological polar surface area (TPSA) is 19.9 Å². The van der Waals surface area contributed by atoms with Crippen molar-refractivity contribution in [3.8, 4) is 0 Å². The molecule has 0 aromatic heterocycles. The van der Waals surface area contributed by atoms with Crippen molar-refractivity contribution in [1.82, 2.24) is 0 Å². The first-order valence-electron chi connectivity index (χ1n) is 7.05. The molecule has 0 heterocycles. The summed E-state index contributed by atoms with van der Waals surface area (Å²) in [5.41, 5.74) is 0. The summed E-state index contributed by atoms with van der Waals surface area (Å²) in [7, 11) is 0. The molecule has 0 N–H and O–H groups in total. The maximum atomic E-state index is 11.5. The minimum atomic E-state index is -0.257. The Morgan fingerprint density at radius 3 is 1.07 bits per heavy atom. The fraction of sp³-hybridized carbons (Fsp3) is 1.00. The van der Waals surface area contributed by atoms with Gasteiger partial charge in [0, 0.05) is 0 Å². The minimum absolute atomic E-state index is 0.257. The Balaban J connectivity index is 2.10. The Morgan fingerprint density at radius 2 is 0.733 bits per heavy atom. The predicted octanol–water partition coefficient (Wildman–Crippen LogP) is 4.87. The van der Waals surface area contributed by atoms with Crippen molar-refractivity contribution in [3.63, 3.8) is 0 Å². The summed E-state index contributed by atoms with van der Waals surface area (Å²) in [5.74, 6) is 0. The predicted molar refractivity (Wildman–Crippen MR) is 64.5 cm³/mol. The van der Waals surface area contributed by atoms with Crippen molar-refractivity contribution >= 4 is 0 Å². The first-order chi connectivity index (χ1) is 7.39. The molecule has 1 rings (SSSR count). The molecule has 0 aromatic rings. The van der Waals surface area contributed by atoms with E-state index in [0.717, 1.165) is 12.8 Å². The third kappa shape index (κ3) is 7.84. The van der Waals surface area contributed by atoms with Crippen LogP contribution in [0.2, 0.25) is 0 Å². The van der Waals surface area contributed by atoms with Crippen LogP contribution in [0.1, 0.15) is 83.5 Å². The van der Waals surface area contributed by atoms with Crippen LogP contribution < -0.4 is 0 Å². The van der Waals surface area contributed by atoms with E-state index in [1.54, 1.807) is 0 Å². The zero-order valence-corrected chi connectivity index (χ0v) is 10.2. The summed E-state index contributed by atoms with van der Waals surface area (Å²) in [5, 5.41) is 11.5. The molecule has 0 aromatic carbocycles. The van der Waals surface area contributed by atoms with Gasteiger partial charge in [0.25, 0.3) is 0 Å². The highest BCUT2D eigenvalue weighted by Crippen LogP contribution is 2.16. The van der Waals surface area contributed by atoms with Crippen LogP contribution in [0.3, 0.4) is 0 Å². The van der Waals surface area contributed by atoms with Crippen LogP contribution in [0.4, 0.5) is 0 Å². The zero-order valence-electron chi connectivity index (χ0n) is 10.2. The molecule has 0 spiro atoms. The lowest BCUT2D eigenvalue weighted by atomic mass is 10.00. The minimum Gasteiger partial charge on any atom is -0.233 e. The second kappa shape index (κ2) is 9.21. The molecule has 0 bridgehead atoms. The van der Waals surface area contributed by atoms with E-state index in [1.807, 2.05) is 0 Å². The molecule has 0 saturated heterocycles. The first-order valence-corrected chi connectivity index (χ1v) is 7.05. The molecule has 1 nitrogen and oxygen atoms in total. The van der Waals surface area contributed by atoms with Gasteiger partial charge in [0.05, 0.1) is 6.10 Å². The van der Waals surface area contributed by atoms with Gasteiger partial charge in [-0.05, 0) is 12.8 Å². The van der Waals surface area contributed by atoms with Crippen molar-refractivity contribution in [1.29, 1.82) is 0 Å². The molecule has 0 atom stereocenters. The van der Waals surface area contributed by atoms with E-state index in [0.29, 0.717) is 0 Å². The first kappa shape index (κ1) is 13.0. The van der Waals surface area contributed by atoms with Crippen LogP contribution in [0.5, 0.6) is 0 Å². The van der Waals surface area contributed by atoms with E-state index < -0.39 is 0 Å². The lowest BCUT2D eigenvalue weighted by molar-refractivity contribution is 0.0687. The van der Waals surface area contributed by atoms with Gasteiger partial charge < -0.3 is 0 Å². The van der Waals surface area contributed by atoms with Crippen LogP contribution >= 0.6 is 0 Å². The molecular weight excluding hydrogens is 184 g/mol. The molecule has 0 amide bonds. The van der Waals surface area contributed by atoms with Gasteiger partial charge in [-0.1, -0.05) is 70.6 Å². The lowest BCUT2D eigenvalue weighted by Gasteiger charge is -2.09.